The van der Waals surface area contributed by atoms with Crippen LogP contribution in [-0.4, -0.2) is 69.7 Å². The van der Waals surface area contributed by atoms with Gasteiger partial charge in [0.15, 0.2) is 5.92 Å². The van der Waals surface area contributed by atoms with Gasteiger partial charge in [0.05, 0.1) is 20.8 Å². The number of amides is 1. The highest BCUT2D eigenvalue weighted by molar-refractivity contribution is 6.30. The van der Waals surface area contributed by atoms with Crippen molar-refractivity contribution in [2.75, 3.05) is 51.9 Å². The summed E-state index contributed by atoms with van der Waals surface area (Å²) in [7, 11) is 3.09. The largest absolute Gasteiger partial charge is 0.497 e. The van der Waals surface area contributed by atoms with Gasteiger partial charge in [-0.05, 0) is 43.3 Å². The zero-order valence-electron chi connectivity index (χ0n) is 20.0. The third-order valence-corrected chi connectivity index (χ3v) is 6.42. The normalized spacial score (nSPS) is 20.1. The molecule has 0 aromatic heterocycles. The van der Waals surface area contributed by atoms with E-state index >= 15 is 0 Å². The number of aliphatic imine (C=N–C) groups is 1. The highest BCUT2D eigenvalue weighted by Gasteiger charge is 2.43. The Labute approximate surface area is 209 Å². The van der Waals surface area contributed by atoms with Crippen molar-refractivity contribution in [2.45, 2.75) is 13.0 Å². The van der Waals surface area contributed by atoms with Crippen LogP contribution >= 0.6 is 11.6 Å². The van der Waals surface area contributed by atoms with Crippen LogP contribution in [0.15, 0.2) is 47.5 Å². The van der Waals surface area contributed by atoms with Crippen molar-refractivity contribution in [3.8, 4) is 11.5 Å². The maximum Gasteiger partial charge on any atom is 0.321 e. The van der Waals surface area contributed by atoms with Gasteiger partial charge in [-0.25, -0.2) is 4.99 Å². The van der Waals surface area contributed by atoms with Gasteiger partial charge in [0, 0.05) is 48.5 Å². The Hall–Kier alpha value is -3.46. The molecule has 0 aliphatic carbocycles. The molecular formula is C25H29ClN4O5. The minimum Gasteiger partial charge on any atom is -0.497 e. The quantitative estimate of drug-likeness (QED) is 0.481. The van der Waals surface area contributed by atoms with Crippen LogP contribution in [0, 0.1) is 5.92 Å². The van der Waals surface area contributed by atoms with E-state index in [9.17, 15) is 9.59 Å². The molecule has 0 radical (unpaired) electrons. The van der Waals surface area contributed by atoms with Crippen molar-refractivity contribution >= 4 is 35.1 Å². The molecule has 2 aliphatic heterocycles. The lowest BCUT2D eigenvalue weighted by Crippen LogP contribution is -2.57. The summed E-state index contributed by atoms with van der Waals surface area (Å²) in [5.74, 6) is -0.680. The molecule has 0 spiro atoms. The Morgan fingerprint density at radius 3 is 2.37 bits per heavy atom. The molecule has 1 saturated heterocycles. The van der Waals surface area contributed by atoms with Gasteiger partial charge >= 0.3 is 5.97 Å². The fourth-order valence-electron chi connectivity index (χ4n) is 4.34. The number of ether oxygens (including phenoxy) is 3. The second-order valence-electron chi connectivity index (χ2n) is 8.17. The van der Waals surface area contributed by atoms with E-state index in [1.165, 1.54) is 7.11 Å². The SMILES string of the molecule is CCOC(=O)[C@@H]1C(=O)NC(N2CCN(c3ccc(Cl)cc3)CC2)=N[C@H]1c1ccc(OC)cc1OC. The Morgan fingerprint density at radius 1 is 1.06 bits per heavy atom. The predicted molar refractivity (Wildman–Crippen MR) is 133 cm³/mol. The smallest absolute Gasteiger partial charge is 0.321 e. The number of benzene rings is 2. The van der Waals surface area contributed by atoms with Crippen LogP contribution in [0.4, 0.5) is 5.69 Å². The second-order valence-corrected chi connectivity index (χ2v) is 8.61. The number of hydrogen-bond donors (Lipinski definition) is 1. The highest BCUT2D eigenvalue weighted by atomic mass is 35.5. The molecule has 2 atom stereocenters. The second kappa shape index (κ2) is 10.9. The number of nitrogens with zero attached hydrogens (tertiary/aromatic N) is 3. The van der Waals surface area contributed by atoms with Crippen LogP contribution in [0.1, 0.15) is 18.5 Å². The first kappa shape index (κ1) is 24.7. The molecule has 2 aromatic carbocycles. The number of halogens is 1. The summed E-state index contributed by atoms with van der Waals surface area (Å²) in [5.41, 5.74) is 1.70. The first-order valence-corrected chi connectivity index (χ1v) is 11.9. The molecule has 2 heterocycles. The van der Waals surface area contributed by atoms with Gasteiger partial charge in [0.25, 0.3) is 0 Å². The number of methoxy groups -OCH3 is 2. The van der Waals surface area contributed by atoms with Crippen LogP contribution < -0.4 is 19.7 Å². The standard InChI is InChI=1S/C25H29ClN4O5/c1-4-35-24(32)21-22(19-10-9-18(33-2)15-20(19)34-3)27-25(28-23(21)31)30-13-11-29(12-14-30)17-7-5-16(26)6-8-17/h5-10,15,21-22H,4,11-14H2,1-3H3,(H,27,28,31)/t21-,22-/m0/s1. The van der Waals surface area contributed by atoms with Crippen LogP contribution in [0.5, 0.6) is 11.5 Å². The van der Waals surface area contributed by atoms with Crippen molar-refractivity contribution in [3.05, 3.63) is 53.1 Å². The minimum atomic E-state index is -1.13. The third kappa shape index (κ3) is 5.30. The molecule has 0 unspecified atom stereocenters. The maximum absolute atomic E-state index is 13.2. The molecule has 35 heavy (non-hydrogen) atoms. The predicted octanol–water partition coefficient (Wildman–Crippen LogP) is 2.89. The van der Waals surface area contributed by atoms with Gasteiger partial charge < -0.3 is 24.0 Å². The molecule has 1 fully saturated rings. The fourth-order valence-corrected chi connectivity index (χ4v) is 4.46. The summed E-state index contributed by atoms with van der Waals surface area (Å²) in [5, 5.41) is 3.53. The Kier molecular flexibility index (Phi) is 7.65. The number of carbonyl (C=O) groups is 2. The van der Waals surface area contributed by atoms with Gasteiger partial charge in [0.2, 0.25) is 11.9 Å². The van der Waals surface area contributed by atoms with E-state index in [1.54, 1.807) is 32.2 Å². The van der Waals surface area contributed by atoms with Gasteiger partial charge in [-0.15, -0.1) is 0 Å². The van der Waals surface area contributed by atoms with E-state index in [2.05, 4.69) is 10.2 Å². The summed E-state index contributed by atoms with van der Waals surface area (Å²) >= 11 is 6.01. The summed E-state index contributed by atoms with van der Waals surface area (Å²) in [6, 6.07) is 12.2. The van der Waals surface area contributed by atoms with Crippen molar-refractivity contribution in [2.24, 2.45) is 10.9 Å². The first-order valence-electron chi connectivity index (χ1n) is 11.5. The average Bonchev–Trinajstić information content (AvgIpc) is 2.88. The Morgan fingerprint density at radius 2 is 1.74 bits per heavy atom. The van der Waals surface area contributed by atoms with E-state index < -0.39 is 23.8 Å². The molecule has 2 aliphatic rings. The Bertz CT molecular complexity index is 1100. The van der Waals surface area contributed by atoms with Crippen LogP contribution in [0.25, 0.3) is 0 Å². The zero-order valence-corrected chi connectivity index (χ0v) is 20.7. The fraction of sp³-hybridized carbons (Fsp3) is 0.400. The van der Waals surface area contributed by atoms with E-state index in [1.807, 2.05) is 29.2 Å². The number of piperazine rings is 1. The van der Waals surface area contributed by atoms with Crippen LogP contribution in [0.3, 0.4) is 0 Å². The number of esters is 1. The van der Waals surface area contributed by atoms with Gasteiger partial charge in [-0.2, -0.15) is 0 Å². The average molecular weight is 501 g/mol. The molecular weight excluding hydrogens is 472 g/mol. The van der Waals surface area contributed by atoms with Gasteiger partial charge in [0.1, 0.15) is 17.5 Å². The van der Waals surface area contributed by atoms with Gasteiger partial charge in [-0.1, -0.05) is 11.6 Å². The molecule has 186 valence electrons. The molecule has 10 heteroatoms. The van der Waals surface area contributed by atoms with Crippen molar-refractivity contribution in [3.63, 3.8) is 0 Å². The summed E-state index contributed by atoms with van der Waals surface area (Å²) < 4.78 is 16.1. The van der Waals surface area contributed by atoms with Crippen molar-refractivity contribution in [1.82, 2.24) is 10.2 Å². The Balaban J connectivity index is 1.61. The molecule has 9 nitrogen and oxygen atoms in total. The van der Waals surface area contributed by atoms with Crippen LogP contribution in [0.2, 0.25) is 5.02 Å². The summed E-state index contributed by atoms with van der Waals surface area (Å²) in [6.45, 7) is 4.66. The third-order valence-electron chi connectivity index (χ3n) is 6.17. The number of anilines is 1. The monoisotopic (exact) mass is 500 g/mol. The summed E-state index contributed by atoms with van der Waals surface area (Å²) in [6.07, 6.45) is 0. The number of rotatable bonds is 6. The lowest BCUT2D eigenvalue weighted by Gasteiger charge is -2.39. The van der Waals surface area contributed by atoms with Crippen molar-refractivity contribution < 1.29 is 23.8 Å². The summed E-state index contributed by atoms with van der Waals surface area (Å²) in [4.78, 5) is 35.1. The zero-order chi connectivity index (χ0) is 24.9. The van der Waals surface area contributed by atoms with Crippen LogP contribution in [-0.2, 0) is 14.3 Å². The molecule has 0 saturated carbocycles. The van der Waals surface area contributed by atoms with Gasteiger partial charge in [-0.3, -0.25) is 14.9 Å². The maximum atomic E-state index is 13.2. The van der Waals surface area contributed by atoms with E-state index in [0.717, 1.165) is 18.8 Å². The lowest BCUT2D eigenvalue weighted by atomic mass is 9.90. The van der Waals surface area contributed by atoms with E-state index in [-0.39, 0.29) is 6.61 Å². The number of nitrogens with one attached hydrogen (secondary N) is 1. The minimum absolute atomic E-state index is 0.165. The molecule has 2 aromatic rings. The van der Waals surface area contributed by atoms with E-state index in [4.69, 9.17) is 30.8 Å². The van der Waals surface area contributed by atoms with Crippen molar-refractivity contribution in [1.29, 1.82) is 0 Å². The van der Waals surface area contributed by atoms with E-state index in [0.29, 0.717) is 41.1 Å². The number of carbonyl (C=O) groups excluding carboxylic acids is 2. The molecule has 0 bridgehead atoms. The highest BCUT2D eigenvalue weighted by Crippen LogP contribution is 2.38. The number of hydrogen-bond acceptors (Lipinski definition) is 8. The molecule has 4 rings (SSSR count). The lowest BCUT2D eigenvalue weighted by molar-refractivity contribution is -0.153. The topological polar surface area (TPSA) is 92.7 Å². The first-order chi connectivity index (χ1) is 16.9. The molecule has 1 N–H and O–H groups in total. The molecule has 1 amide bonds. The number of guanidine groups is 1.